The molecule has 3 aliphatic rings. The van der Waals surface area contributed by atoms with E-state index in [1.165, 1.54) is 16.7 Å². The predicted molar refractivity (Wildman–Crippen MR) is 114 cm³/mol. The summed E-state index contributed by atoms with van der Waals surface area (Å²) in [6.45, 7) is 2.58. The van der Waals surface area contributed by atoms with E-state index in [1.54, 1.807) is 14.0 Å². The van der Waals surface area contributed by atoms with Crippen LogP contribution in [0.5, 0.6) is 11.5 Å². The Kier molecular flexibility index (Phi) is 5.19. The summed E-state index contributed by atoms with van der Waals surface area (Å²) in [5.41, 5.74) is 5.87. The van der Waals surface area contributed by atoms with Crippen molar-refractivity contribution in [2.24, 2.45) is 0 Å². The van der Waals surface area contributed by atoms with Crippen molar-refractivity contribution in [3.8, 4) is 22.6 Å². The molecule has 31 heavy (non-hydrogen) atoms. The van der Waals surface area contributed by atoms with Crippen LogP contribution in [0.2, 0.25) is 0 Å². The zero-order valence-electron chi connectivity index (χ0n) is 18.0. The lowest BCUT2D eigenvalue weighted by Gasteiger charge is -2.42. The van der Waals surface area contributed by atoms with Crippen molar-refractivity contribution in [3.05, 3.63) is 47.0 Å². The molecule has 2 aromatic rings. The van der Waals surface area contributed by atoms with E-state index in [-0.39, 0.29) is 6.04 Å². The van der Waals surface area contributed by atoms with E-state index < -0.39 is 30.7 Å². The third kappa shape index (κ3) is 3.23. The third-order valence-corrected chi connectivity index (χ3v) is 6.93. The largest absolute Gasteiger partial charge is 0.492 e. The highest BCUT2D eigenvalue weighted by molar-refractivity contribution is 5.83. The van der Waals surface area contributed by atoms with Crippen LogP contribution >= 0.6 is 0 Å². The number of methoxy groups -OCH3 is 1. The van der Waals surface area contributed by atoms with Gasteiger partial charge in [-0.25, -0.2) is 0 Å². The number of ether oxygens (including phenoxy) is 3. The Hall–Kier alpha value is -2.16. The Morgan fingerprint density at radius 3 is 2.61 bits per heavy atom. The lowest BCUT2D eigenvalue weighted by atomic mass is 9.76. The normalized spacial score (nSPS) is 32.2. The van der Waals surface area contributed by atoms with Crippen LogP contribution in [0.3, 0.4) is 0 Å². The maximum Gasteiger partial charge on any atom is 0.229 e. The molecule has 1 aliphatic carbocycles. The Labute approximate surface area is 181 Å². The number of hydrogen-bond acceptors (Lipinski definition) is 7. The first-order valence-electron chi connectivity index (χ1n) is 10.8. The van der Waals surface area contributed by atoms with Crippen LogP contribution in [-0.4, -0.2) is 71.6 Å². The molecule has 0 amide bonds. The molecule has 0 spiro atoms. The van der Waals surface area contributed by atoms with E-state index in [2.05, 4.69) is 30.1 Å². The Bertz CT molecular complexity index is 994. The highest BCUT2D eigenvalue weighted by Crippen LogP contribution is 2.52. The van der Waals surface area contributed by atoms with Crippen LogP contribution in [0.25, 0.3) is 11.1 Å². The summed E-state index contributed by atoms with van der Waals surface area (Å²) < 4.78 is 17.7. The molecule has 6 atom stereocenters. The number of nitrogens with zero attached hydrogens (tertiary/aromatic N) is 1. The third-order valence-electron chi connectivity index (χ3n) is 6.93. The van der Waals surface area contributed by atoms with Crippen molar-refractivity contribution in [1.82, 2.24) is 4.90 Å². The molecule has 7 nitrogen and oxygen atoms in total. The minimum atomic E-state index is -1.38. The van der Waals surface area contributed by atoms with Gasteiger partial charge in [0, 0.05) is 18.2 Å². The fourth-order valence-electron chi connectivity index (χ4n) is 5.17. The van der Waals surface area contributed by atoms with Gasteiger partial charge in [0.15, 0.2) is 11.5 Å². The maximum atomic E-state index is 10.5. The van der Waals surface area contributed by atoms with Crippen LogP contribution < -0.4 is 9.47 Å². The van der Waals surface area contributed by atoms with Gasteiger partial charge in [0.2, 0.25) is 6.29 Å². The summed E-state index contributed by atoms with van der Waals surface area (Å²) >= 11 is 0. The van der Waals surface area contributed by atoms with Gasteiger partial charge in [0.1, 0.15) is 18.3 Å². The summed E-state index contributed by atoms with van der Waals surface area (Å²) in [6.07, 6.45) is -3.88. The van der Waals surface area contributed by atoms with Crippen molar-refractivity contribution >= 4 is 0 Å². The minimum absolute atomic E-state index is 0.269. The highest BCUT2D eigenvalue weighted by Gasteiger charge is 2.44. The number of rotatable bonds is 3. The minimum Gasteiger partial charge on any atom is -0.492 e. The van der Waals surface area contributed by atoms with E-state index >= 15 is 0 Å². The number of benzene rings is 2. The lowest BCUT2D eigenvalue weighted by Crippen LogP contribution is -2.58. The van der Waals surface area contributed by atoms with E-state index in [9.17, 15) is 15.3 Å². The molecule has 2 aromatic carbocycles. The van der Waals surface area contributed by atoms with Gasteiger partial charge in [-0.15, -0.1) is 0 Å². The van der Waals surface area contributed by atoms with Gasteiger partial charge < -0.3 is 29.5 Å². The number of likely N-dealkylation sites (N-methyl/N-ethyl adjacent to an activating group) is 1. The summed E-state index contributed by atoms with van der Waals surface area (Å²) in [4.78, 5) is 2.38. The van der Waals surface area contributed by atoms with Crippen molar-refractivity contribution < 1.29 is 29.5 Å². The Balaban J connectivity index is 1.63. The zero-order valence-corrected chi connectivity index (χ0v) is 18.0. The summed E-state index contributed by atoms with van der Waals surface area (Å²) in [7, 11) is 3.77. The van der Waals surface area contributed by atoms with Gasteiger partial charge >= 0.3 is 0 Å². The molecule has 166 valence electrons. The number of aliphatic hydroxyl groups excluding tert-OH is 3. The quantitative estimate of drug-likeness (QED) is 0.686. The molecule has 0 bridgehead atoms. The van der Waals surface area contributed by atoms with Gasteiger partial charge in [-0.2, -0.15) is 0 Å². The van der Waals surface area contributed by atoms with Crippen molar-refractivity contribution in [3.63, 3.8) is 0 Å². The van der Waals surface area contributed by atoms with Crippen molar-refractivity contribution in [2.45, 2.75) is 56.5 Å². The average molecular weight is 427 g/mol. The van der Waals surface area contributed by atoms with E-state index in [1.807, 2.05) is 12.1 Å². The Morgan fingerprint density at radius 1 is 1.06 bits per heavy atom. The molecule has 0 unspecified atom stereocenters. The van der Waals surface area contributed by atoms with Crippen LogP contribution in [0.15, 0.2) is 30.3 Å². The standard InChI is InChI=1S/C24H29NO6/c1-12-20(26)21(27)22(28)24(30-12)31-17-11-14-8-9-25(2)16-10-13-6-4-5-7-15(13)19(18(14)16)23(17)29-3/h4-7,11-12,16,20-22,24,26-28H,8-10H2,1-3H3/t12-,16+,20-,21+,22+,24-/m0/s1. The molecule has 0 aromatic heterocycles. The Morgan fingerprint density at radius 2 is 1.84 bits per heavy atom. The van der Waals surface area contributed by atoms with Gasteiger partial charge in [0.25, 0.3) is 0 Å². The molecule has 2 aliphatic heterocycles. The lowest BCUT2D eigenvalue weighted by molar-refractivity contribution is -0.268. The summed E-state index contributed by atoms with van der Waals surface area (Å²) in [5.74, 6) is 1.06. The van der Waals surface area contributed by atoms with Crippen LogP contribution in [0.4, 0.5) is 0 Å². The van der Waals surface area contributed by atoms with Gasteiger partial charge in [-0.1, -0.05) is 24.3 Å². The van der Waals surface area contributed by atoms with E-state index in [4.69, 9.17) is 14.2 Å². The second-order valence-electron chi connectivity index (χ2n) is 8.76. The smallest absolute Gasteiger partial charge is 0.229 e. The second kappa shape index (κ2) is 7.76. The first-order chi connectivity index (χ1) is 14.9. The highest BCUT2D eigenvalue weighted by atomic mass is 16.7. The maximum absolute atomic E-state index is 10.5. The average Bonchev–Trinajstić information content (AvgIpc) is 2.78. The molecule has 0 radical (unpaired) electrons. The monoisotopic (exact) mass is 427 g/mol. The first kappa shape index (κ1) is 20.7. The molecule has 7 heteroatoms. The topological polar surface area (TPSA) is 91.6 Å². The summed E-state index contributed by atoms with van der Waals surface area (Å²) in [6, 6.07) is 10.6. The molecule has 3 N–H and O–H groups in total. The van der Waals surface area contributed by atoms with Crippen LogP contribution in [0, 0.1) is 0 Å². The molecular weight excluding hydrogens is 398 g/mol. The fraction of sp³-hybridized carbons (Fsp3) is 0.500. The number of hydrogen-bond donors (Lipinski definition) is 3. The van der Waals surface area contributed by atoms with Crippen LogP contribution in [-0.2, 0) is 17.6 Å². The number of aliphatic hydroxyl groups is 3. The molecule has 5 rings (SSSR count). The van der Waals surface area contributed by atoms with Crippen molar-refractivity contribution in [1.29, 1.82) is 0 Å². The molecule has 2 heterocycles. The fourth-order valence-corrected chi connectivity index (χ4v) is 5.17. The van der Waals surface area contributed by atoms with Gasteiger partial charge in [-0.05, 0) is 55.1 Å². The van der Waals surface area contributed by atoms with E-state index in [0.29, 0.717) is 11.5 Å². The van der Waals surface area contributed by atoms with Crippen LogP contribution in [0.1, 0.15) is 29.7 Å². The predicted octanol–water partition coefficient (Wildman–Crippen LogP) is 1.65. The molecular formula is C24H29NO6. The summed E-state index contributed by atoms with van der Waals surface area (Å²) in [5, 5.41) is 30.6. The van der Waals surface area contributed by atoms with Gasteiger partial charge in [-0.3, -0.25) is 4.90 Å². The molecule has 0 saturated carbocycles. The molecule has 1 saturated heterocycles. The first-order valence-corrected chi connectivity index (χ1v) is 10.8. The second-order valence-corrected chi connectivity index (χ2v) is 8.76. The molecule has 1 fully saturated rings. The van der Waals surface area contributed by atoms with E-state index in [0.717, 1.165) is 30.5 Å². The SMILES string of the molecule is COc1c(O[C@@H]2O[C@@H](C)[C@H](O)[C@@H](O)[C@H]2O)cc2c3c1-c1ccccc1C[C@H]3N(C)CC2. The van der Waals surface area contributed by atoms with Crippen molar-refractivity contribution in [2.75, 3.05) is 20.7 Å². The van der Waals surface area contributed by atoms with Gasteiger partial charge in [0.05, 0.1) is 13.2 Å². The number of fused-ring (bicyclic) bond motifs is 2. The zero-order chi connectivity index (χ0) is 21.9.